The van der Waals surface area contributed by atoms with Gasteiger partial charge in [0.2, 0.25) is 5.91 Å². The van der Waals surface area contributed by atoms with E-state index in [-0.39, 0.29) is 0 Å². The summed E-state index contributed by atoms with van der Waals surface area (Å²) >= 11 is 1.68. The molecule has 1 amide bonds. The molecule has 0 radical (unpaired) electrons. The molecule has 2 heterocycles. The smallest absolute Gasteiger partial charge is 0.222 e. The molecule has 0 spiro atoms. The molecule has 0 unspecified atom stereocenters. The molecule has 6 nitrogen and oxygen atoms in total. The van der Waals surface area contributed by atoms with Crippen LogP contribution in [0.25, 0.3) is 0 Å². The van der Waals surface area contributed by atoms with Gasteiger partial charge in [-0.05, 0) is 33.1 Å². The van der Waals surface area contributed by atoms with E-state index in [1.54, 1.807) is 11.3 Å². The van der Waals surface area contributed by atoms with Gasteiger partial charge in [0.15, 0.2) is 5.96 Å². The van der Waals surface area contributed by atoms with E-state index in [4.69, 9.17) is 4.99 Å². The lowest BCUT2D eigenvalue weighted by atomic mass is 10.2. The topological polar surface area (TPSA) is 60.8 Å². The third-order valence-corrected chi connectivity index (χ3v) is 5.10. The Balaban J connectivity index is 1.82. The second-order valence-corrected chi connectivity index (χ2v) is 7.56. The number of carbonyl (C=O) groups excluding carboxylic acids is 1. The fourth-order valence-electron chi connectivity index (χ4n) is 2.99. The molecule has 1 aromatic rings. The van der Waals surface area contributed by atoms with Gasteiger partial charge in [-0.1, -0.05) is 6.42 Å². The van der Waals surface area contributed by atoms with E-state index < -0.39 is 0 Å². The maximum atomic E-state index is 12.0. The molecule has 25 heavy (non-hydrogen) atoms. The third-order valence-electron chi connectivity index (χ3n) is 4.28. The van der Waals surface area contributed by atoms with Crippen LogP contribution in [0.1, 0.15) is 49.7 Å². The predicted octanol–water partition coefficient (Wildman–Crippen LogP) is 2.64. The van der Waals surface area contributed by atoms with Crippen LogP contribution in [0.3, 0.4) is 0 Å². The van der Waals surface area contributed by atoms with E-state index in [0.717, 1.165) is 68.6 Å². The van der Waals surface area contributed by atoms with Gasteiger partial charge in [-0.15, -0.1) is 11.3 Å². The van der Waals surface area contributed by atoms with E-state index in [0.29, 0.717) is 12.3 Å². The summed E-state index contributed by atoms with van der Waals surface area (Å²) in [5.74, 6) is 1.21. The van der Waals surface area contributed by atoms with Crippen molar-refractivity contribution in [2.24, 2.45) is 4.99 Å². The van der Waals surface area contributed by atoms with Gasteiger partial charge < -0.3 is 15.1 Å². The maximum Gasteiger partial charge on any atom is 0.222 e. The molecule has 0 aliphatic carbocycles. The third kappa shape index (κ3) is 6.65. The first-order valence-electron chi connectivity index (χ1n) is 9.28. The van der Waals surface area contributed by atoms with Crippen LogP contribution in [0.2, 0.25) is 0 Å². The second kappa shape index (κ2) is 10.4. The molecule has 0 saturated carbocycles. The molecular formula is C18H31N5OS. The number of aryl methyl sites for hydroxylation is 1. The highest BCUT2D eigenvalue weighted by Gasteiger charge is 2.15. The molecule has 1 N–H and O–H groups in total. The number of hydrogen-bond acceptors (Lipinski definition) is 4. The number of carbonyl (C=O) groups is 1. The van der Waals surface area contributed by atoms with Gasteiger partial charge in [-0.3, -0.25) is 9.79 Å². The SMILES string of the molecule is CCNC(=NCCCN1CCCCCC1=O)N(C)Cc1csc(C)n1. The summed E-state index contributed by atoms with van der Waals surface area (Å²) in [6.45, 7) is 8.14. The molecule has 1 saturated heterocycles. The summed E-state index contributed by atoms with van der Waals surface area (Å²) in [5.41, 5.74) is 1.07. The molecule has 0 bridgehead atoms. The van der Waals surface area contributed by atoms with Crippen molar-refractivity contribution in [2.45, 2.75) is 52.5 Å². The fraction of sp³-hybridized carbons (Fsp3) is 0.722. The summed E-state index contributed by atoms with van der Waals surface area (Å²) < 4.78 is 0. The molecule has 7 heteroatoms. The highest BCUT2D eigenvalue weighted by molar-refractivity contribution is 7.09. The zero-order chi connectivity index (χ0) is 18.1. The van der Waals surface area contributed by atoms with Gasteiger partial charge in [0.05, 0.1) is 17.2 Å². The minimum absolute atomic E-state index is 0.310. The minimum atomic E-state index is 0.310. The number of nitrogens with one attached hydrogen (secondary N) is 1. The van der Waals surface area contributed by atoms with Crippen LogP contribution in [-0.4, -0.2) is 59.9 Å². The summed E-state index contributed by atoms with van der Waals surface area (Å²) in [6.07, 6.45) is 4.96. The van der Waals surface area contributed by atoms with Crippen molar-refractivity contribution >= 4 is 23.2 Å². The summed E-state index contributed by atoms with van der Waals surface area (Å²) in [6, 6.07) is 0. The lowest BCUT2D eigenvalue weighted by molar-refractivity contribution is -0.130. The van der Waals surface area contributed by atoms with Crippen LogP contribution in [0.15, 0.2) is 10.4 Å². The molecule has 1 aliphatic heterocycles. The highest BCUT2D eigenvalue weighted by Crippen LogP contribution is 2.12. The standard InChI is InChI=1S/C18H31N5OS/c1-4-19-18(22(3)13-16-14-25-15(2)21-16)20-10-8-12-23-11-7-5-6-9-17(23)24/h14H,4-13H2,1-3H3,(H,19,20). The van der Waals surface area contributed by atoms with Crippen molar-refractivity contribution in [2.75, 3.05) is 33.2 Å². The van der Waals surface area contributed by atoms with E-state index >= 15 is 0 Å². The molecule has 1 aromatic heterocycles. The number of nitrogens with zero attached hydrogens (tertiary/aromatic N) is 4. The molecule has 0 aromatic carbocycles. The zero-order valence-corrected chi connectivity index (χ0v) is 16.6. The van der Waals surface area contributed by atoms with Crippen LogP contribution in [-0.2, 0) is 11.3 Å². The van der Waals surface area contributed by atoms with Crippen LogP contribution in [0.4, 0.5) is 0 Å². The number of hydrogen-bond donors (Lipinski definition) is 1. The first-order valence-corrected chi connectivity index (χ1v) is 10.2. The Kier molecular flexibility index (Phi) is 8.18. The monoisotopic (exact) mass is 365 g/mol. The quantitative estimate of drug-likeness (QED) is 0.458. The van der Waals surface area contributed by atoms with Gasteiger partial charge in [0.1, 0.15) is 0 Å². The molecule has 2 rings (SSSR count). The average Bonchev–Trinajstić information content (AvgIpc) is 2.88. The van der Waals surface area contributed by atoms with Crippen molar-refractivity contribution in [3.8, 4) is 0 Å². The minimum Gasteiger partial charge on any atom is -0.357 e. The van der Waals surface area contributed by atoms with Crippen LogP contribution in [0, 0.1) is 6.92 Å². The summed E-state index contributed by atoms with van der Waals surface area (Å²) in [4.78, 5) is 25.4. The molecule has 0 atom stereocenters. The molecule has 1 fully saturated rings. The summed E-state index contributed by atoms with van der Waals surface area (Å²) in [5, 5.41) is 6.53. The molecule has 140 valence electrons. The van der Waals surface area contributed by atoms with E-state index in [9.17, 15) is 4.79 Å². The van der Waals surface area contributed by atoms with Crippen LogP contribution < -0.4 is 5.32 Å². The number of aromatic nitrogens is 1. The number of likely N-dealkylation sites (tertiary alicyclic amines) is 1. The first kappa shape index (κ1) is 19.7. The number of aliphatic imine (C=N–C) groups is 1. The van der Waals surface area contributed by atoms with Crippen molar-refractivity contribution in [3.63, 3.8) is 0 Å². The van der Waals surface area contributed by atoms with Crippen LogP contribution in [0.5, 0.6) is 0 Å². The van der Waals surface area contributed by atoms with Crippen molar-refractivity contribution in [3.05, 3.63) is 16.1 Å². The van der Waals surface area contributed by atoms with Gasteiger partial charge in [-0.25, -0.2) is 4.98 Å². The number of guanidine groups is 1. The number of amides is 1. The maximum absolute atomic E-state index is 12.0. The van der Waals surface area contributed by atoms with Crippen LogP contribution >= 0.6 is 11.3 Å². The lowest BCUT2D eigenvalue weighted by Crippen LogP contribution is -2.38. The summed E-state index contributed by atoms with van der Waals surface area (Å²) in [7, 11) is 2.04. The van der Waals surface area contributed by atoms with E-state index in [1.807, 2.05) is 18.9 Å². The Bertz CT molecular complexity index is 572. The Morgan fingerprint density at radius 3 is 3.00 bits per heavy atom. The Morgan fingerprint density at radius 2 is 2.28 bits per heavy atom. The Hall–Kier alpha value is -1.63. The van der Waals surface area contributed by atoms with Gasteiger partial charge in [0.25, 0.3) is 0 Å². The number of rotatable bonds is 7. The normalized spacial score (nSPS) is 16.0. The van der Waals surface area contributed by atoms with E-state index in [1.165, 1.54) is 6.42 Å². The second-order valence-electron chi connectivity index (χ2n) is 6.49. The lowest BCUT2D eigenvalue weighted by Gasteiger charge is -2.22. The molecule has 1 aliphatic rings. The first-order chi connectivity index (χ1) is 12.1. The van der Waals surface area contributed by atoms with Gasteiger partial charge >= 0.3 is 0 Å². The highest BCUT2D eigenvalue weighted by atomic mass is 32.1. The van der Waals surface area contributed by atoms with E-state index in [2.05, 4.69) is 27.5 Å². The fourth-order valence-corrected chi connectivity index (χ4v) is 3.59. The van der Waals surface area contributed by atoms with Gasteiger partial charge in [0, 0.05) is 45.0 Å². The Labute approximate surface area is 155 Å². The average molecular weight is 366 g/mol. The predicted molar refractivity (Wildman–Crippen MR) is 104 cm³/mol. The number of thiazole rings is 1. The van der Waals surface area contributed by atoms with Crippen molar-refractivity contribution in [1.82, 2.24) is 20.1 Å². The largest absolute Gasteiger partial charge is 0.357 e. The van der Waals surface area contributed by atoms with Crippen molar-refractivity contribution < 1.29 is 4.79 Å². The zero-order valence-electron chi connectivity index (χ0n) is 15.8. The van der Waals surface area contributed by atoms with Crippen molar-refractivity contribution in [1.29, 1.82) is 0 Å². The molecular weight excluding hydrogens is 334 g/mol. The van der Waals surface area contributed by atoms with Gasteiger partial charge in [-0.2, -0.15) is 0 Å². The Morgan fingerprint density at radius 1 is 1.44 bits per heavy atom.